The van der Waals surface area contributed by atoms with E-state index in [4.69, 9.17) is 4.74 Å². The third kappa shape index (κ3) is 3.27. The number of ether oxygens (including phenoxy) is 1. The van der Waals surface area contributed by atoms with Crippen molar-refractivity contribution in [3.63, 3.8) is 0 Å². The summed E-state index contributed by atoms with van der Waals surface area (Å²) < 4.78 is 5.85. The number of nitrogens with zero attached hydrogens (tertiary/aromatic N) is 2. The van der Waals surface area contributed by atoms with Crippen molar-refractivity contribution in [1.82, 2.24) is 15.1 Å². The molecular weight excluding hydrogens is 262 g/mol. The number of aromatic nitrogens is 2. The van der Waals surface area contributed by atoms with E-state index in [-0.39, 0.29) is 5.60 Å². The Morgan fingerprint density at radius 2 is 2.29 bits per heavy atom. The van der Waals surface area contributed by atoms with Crippen molar-refractivity contribution in [3.8, 4) is 0 Å². The first-order chi connectivity index (χ1) is 10.1. The maximum atomic E-state index is 5.85. The van der Waals surface area contributed by atoms with Crippen molar-refractivity contribution in [2.45, 2.75) is 51.8 Å². The van der Waals surface area contributed by atoms with Crippen LogP contribution in [0.5, 0.6) is 0 Å². The van der Waals surface area contributed by atoms with Crippen LogP contribution in [0.15, 0.2) is 24.4 Å². The van der Waals surface area contributed by atoms with E-state index in [1.165, 1.54) is 10.9 Å². The van der Waals surface area contributed by atoms with Crippen LogP contribution in [-0.4, -0.2) is 39.9 Å². The van der Waals surface area contributed by atoms with Crippen LogP contribution in [0.4, 0.5) is 0 Å². The van der Waals surface area contributed by atoms with Crippen molar-refractivity contribution in [2.24, 2.45) is 0 Å². The number of nitrogens with one attached hydrogen (secondary N) is 1. The highest BCUT2D eigenvalue weighted by Gasteiger charge is 2.31. The van der Waals surface area contributed by atoms with Gasteiger partial charge in [0.25, 0.3) is 0 Å². The summed E-state index contributed by atoms with van der Waals surface area (Å²) in [6.07, 6.45) is 4.11. The summed E-state index contributed by atoms with van der Waals surface area (Å²) in [5.41, 5.74) is 2.47. The van der Waals surface area contributed by atoms with Crippen LogP contribution >= 0.6 is 0 Å². The summed E-state index contributed by atoms with van der Waals surface area (Å²) in [5.74, 6) is 0. The molecule has 1 unspecified atom stereocenters. The van der Waals surface area contributed by atoms with E-state index in [2.05, 4.69) is 54.1 Å². The standard InChI is InChI=1S/C17H25N3O/c1-4-20(15-7-8-21-17(2,3)10-15)12-13-5-6-14-11-18-19-16(14)9-13/h5-6,9,11,15H,4,7-8,10,12H2,1-3H3,(H,18,19). The van der Waals surface area contributed by atoms with E-state index in [1.807, 2.05) is 6.20 Å². The maximum Gasteiger partial charge on any atom is 0.0653 e. The van der Waals surface area contributed by atoms with Gasteiger partial charge in [0.15, 0.2) is 0 Å². The van der Waals surface area contributed by atoms with E-state index in [1.54, 1.807) is 0 Å². The Morgan fingerprint density at radius 1 is 1.43 bits per heavy atom. The first kappa shape index (κ1) is 14.5. The highest BCUT2D eigenvalue weighted by Crippen LogP contribution is 2.28. The van der Waals surface area contributed by atoms with Crippen molar-refractivity contribution in [3.05, 3.63) is 30.0 Å². The van der Waals surface area contributed by atoms with Crippen LogP contribution < -0.4 is 0 Å². The molecule has 3 rings (SSSR count). The molecule has 0 spiro atoms. The molecule has 1 aromatic carbocycles. The molecule has 1 fully saturated rings. The molecule has 0 amide bonds. The predicted molar refractivity (Wildman–Crippen MR) is 85.2 cm³/mol. The smallest absolute Gasteiger partial charge is 0.0653 e. The summed E-state index contributed by atoms with van der Waals surface area (Å²) in [7, 11) is 0. The van der Waals surface area contributed by atoms with Gasteiger partial charge in [0, 0.05) is 24.6 Å². The van der Waals surface area contributed by atoms with Crippen molar-refractivity contribution in [2.75, 3.05) is 13.2 Å². The molecule has 2 aromatic rings. The molecule has 0 radical (unpaired) electrons. The van der Waals surface area contributed by atoms with Crippen LogP contribution in [0.25, 0.3) is 10.9 Å². The van der Waals surface area contributed by atoms with Gasteiger partial charge in [-0.15, -0.1) is 0 Å². The SMILES string of the molecule is CCN(Cc1ccc2cn[nH]c2c1)C1CCOC(C)(C)C1. The molecule has 114 valence electrons. The minimum absolute atomic E-state index is 0.00364. The molecule has 1 aliphatic heterocycles. The van der Waals surface area contributed by atoms with Crippen molar-refractivity contribution in [1.29, 1.82) is 0 Å². The first-order valence-corrected chi connectivity index (χ1v) is 7.87. The molecule has 0 saturated carbocycles. The maximum absolute atomic E-state index is 5.85. The summed E-state index contributed by atoms with van der Waals surface area (Å²) in [6, 6.07) is 7.19. The molecule has 0 bridgehead atoms. The number of benzene rings is 1. The lowest BCUT2D eigenvalue weighted by molar-refractivity contribution is -0.0838. The van der Waals surface area contributed by atoms with Gasteiger partial charge in [0.1, 0.15) is 0 Å². The minimum atomic E-state index is 0.00364. The Balaban J connectivity index is 1.74. The van der Waals surface area contributed by atoms with Gasteiger partial charge < -0.3 is 4.74 Å². The number of fused-ring (bicyclic) bond motifs is 1. The molecule has 1 saturated heterocycles. The second kappa shape index (κ2) is 5.78. The van der Waals surface area contributed by atoms with Gasteiger partial charge in [-0.2, -0.15) is 5.10 Å². The zero-order valence-electron chi connectivity index (χ0n) is 13.2. The summed E-state index contributed by atoms with van der Waals surface area (Å²) in [5, 5.41) is 8.33. The lowest BCUT2D eigenvalue weighted by atomic mass is 9.92. The molecule has 1 aliphatic rings. The molecule has 4 nitrogen and oxygen atoms in total. The van der Waals surface area contributed by atoms with Crippen LogP contribution in [0.1, 0.15) is 39.2 Å². The minimum Gasteiger partial charge on any atom is -0.375 e. The fourth-order valence-corrected chi connectivity index (χ4v) is 3.33. The topological polar surface area (TPSA) is 41.2 Å². The highest BCUT2D eigenvalue weighted by atomic mass is 16.5. The fourth-order valence-electron chi connectivity index (χ4n) is 3.33. The molecule has 0 aliphatic carbocycles. The average molecular weight is 287 g/mol. The second-order valence-electron chi connectivity index (χ2n) is 6.61. The van der Waals surface area contributed by atoms with Crippen molar-refractivity contribution < 1.29 is 4.74 Å². The third-order valence-electron chi connectivity index (χ3n) is 4.49. The highest BCUT2D eigenvalue weighted by molar-refractivity contribution is 5.78. The van der Waals surface area contributed by atoms with Crippen molar-refractivity contribution >= 4 is 10.9 Å². The van der Waals surface area contributed by atoms with Gasteiger partial charge in [-0.3, -0.25) is 10.00 Å². The lowest BCUT2D eigenvalue weighted by Gasteiger charge is -2.41. The number of aromatic amines is 1. The quantitative estimate of drug-likeness (QED) is 0.937. The molecule has 2 heterocycles. The Labute approximate surface area is 126 Å². The molecule has 1 aromatic heterocycles. The van der Waals surface area contributed by atoms with Gasteiger partial charge in [0.05, 0.1) is 17.3 Å². The van der Waals surface area contributed by atoms with Crippen LogP contribution in [0, 0.1) is 0 Å². The second-order valence-corrected chi connectivity index (χ2v) is 6.61. The summed E-state index contributed by atoms with van der Waals surface area (Å²) in [6.45, 7) is 9.58. The van der Waals surface area contributed by atoms with E-state index >= 15 is 0 Å². The zero-order valence-corrected chi connectivity index (χ0v) is 13.2. The third-order valence-corrected chi connectivity index (χ3v) is 4.49. The van der Waals surface area contributed by atoms with Gasteiger partial charge in [-0.25, -0.2) is 0 Å². The van der Waals surface area contributed by atoms with Crippen LogP contribution in [0.2, 0.25) is 0 Å². The monoisotopic (exact) mass is 287 g/mol. The Bertz CT molecular complexity index is 605. The molecule has 4 heteroatoms. The largest absolute Gasteiger partial charge is 0.375 e. The van der Waals surface area contributed by atoms with E-state index < -0.39 is 0 Å². The lowest BCUT2D eigenvalue weighted by Crippen LogP contribution is -2.45. The van der Waals surface area contributed by atoms with Gasteiger partial charge in [0.2, 0.25) is 0 Å². The summed E-state index contributed by atoms with van der Waals surface area (Å²) in [4.78, 5) is 2.57. The number of hydrogen-bond acceptors (Lipinski definition) is 3. The Hall–Kier alpha value is -1.39. The average Bonchev–Trinajstić information content (AvgIpc) is 2.91. The normalized spacial score (nSPS) is 22.0. The van der Waals surface area contributed by atoms with Gasteiger partial charge in [-0.05, 0) is 44.9 Å². The van der Waals surface area contributed by atoms with Crippen LogP contribution in [0.3, 0.4) is 0 Å². The molecule has 1 N–H and O–H groups in total. The van der Waals surface area contributed by atoms with Gasteiger partial charge >= 0.3 is 0 Å². The van der Waals surface area contributed by atoms with E-state index in [0.29, 0.717) is 6.04 Å². The Kier molecular flexibility index (Phi) is 4.00. The van der Waals surface area contributed by atoms with Crippen LogP contribution in [-0.2, 0) is 11.3 Å². The fraction of sp³-hybridized carbons (Fsp3) is 0.588. The molecular formula is C17H25N3O. The van der Waals surface area contributed by atoms with E-state index in [0.717, 1.165) is 38.1 Å². The molecule has 1 atom stereocenters. The first-order valence-electron chi connectivity index (χ1n) is 7.87. The predicted octanol–water partition coefficient (Wildman–Crippen LogP) is 3.34. The number of hydrogen-bond donors (Lipinski definition) is 1. The summed E-state index contributed by atoms with van der Waals surface area (Å²) >= 11 is 0. The van der Waals surface area contributed by atoms with Gasteiger partial charge in [-0.1, -0.05) is 19.1 Å². The zero-order chi connectivity index (χ0) is 14.9. The van der Waals surface area contributed by atoms with E-state index in [9.17, 15) is 0 Å². The molecule has 21 heavy (non-hydrogen) atoms. The number of H-pyrrole nitrogens is 1. The number of rotatable bonds is 4. The Morgan fingerprint density at radius 3 is 3.05 bits per heavy atom.